The molecule has 0 fully saturated rings. The van der Waals surface area contributed by atoms with Crippen molar-refractivity contribution in [2.24, 2.45) is 0 Å². The Morgan fingerprint density at radius 3 is 2.50 bits per heavy atom. The number of rotatable bonds is 1. The second kappa shape index (κ2) is 3.60. The quantitative estimate of drug-likeness (QED) is 0.483. The lowest BCUT2D eigenvalue weighted by Crippen LogP contribution is -1.96. The minimum atomic E-state index is -1.33. The lowest BCUT2D eigenvalue weighted by atomic mass is 10.6. The summed E-state index contributed by atoms with van der Waals surface area (Å²) in [5, 5.41) is 8.61. The van der Waals surface area contributed by atoms with Crippen LogP contribution in [-0.2, 0) is 0 Å². The Labute approximate surface area is 50.2 Å². The molecule has 0 spiro atoms. The lowest BCUT2D eigenvalue weighted by Gasteiger charge is -1.90. The van der Waals surface area contributed by atoms with Crippen LogP contribution in [0.2, 0.25) is 0 Å². The molecular formula is C5H8NOP. The molecule has 8 heavy (non-hydrogen) atoms. The molecule has 0 saturated carbocycles. The zero-order valence-electron chi connectivity index (χ0n) is 5.01. The van der Waals surface area contributed by atoms with Gasteiger partial charge in [-0.15, -0.1) is 0 Å². The molecule has 0 aromatic rings. The minimum absolute atomic E-state index is 0.447. The summed E-state index contributed by atoms with van der Waals surface area (Å²) in [6.45, 7) is 3.40. The zero-order valence-corrected chi connectivity index (χ0v) is 5.90. The lowest BCUT2D eigenvalue weighted by molar-refractivity contribution is -0.152. The standard InChI is InChI=1S/C5H8NOP/c1-3-8(7)5(2)4-6/h3H2,1-2H3. The van der Waals surface area contributed by atoms with Gasteiger partial charge < -0.3 is 4.89 Å². The Hall–Kier alpha value is -0.380. The molecule has 0 heterocycles. The summed E-state index contributed by atoms with van der Waals surface area (Å²) in [6, 6.07) is 1.85. The molecule has 0 aromatic heterocycles. The van der Waals surface area contributed by atoms with E-state index in [0.29, 0.717) is 11.5 Å². The maximum absolute atomic E-state index is 10.6. The van der Waals surface area contributed by atoms with E-state index in [0.717, 1.165) is 0 Å². The van der Waals surface area contributed by atoms with Crippen LogP contribution in [0.5, 0.6) is 0 Å². The van der Waals surface area contributed by atoms with E-state index in [-0.39, 0.29) is 0 Å². The molecule has 0 rings (SSSR count). The summed E-state index contributed by atoms with van der Waals surface area (Å²) < 4.78 is 0. The Balaban J connectivity index is 4.10. The molecule has 0 radical (unpaired) electrons. The van der Waals surface area contributed by atoms with E-state index in [4.69, 9.17) is 5.26 Å². The van der Waals surface area contributed by atoms with Crippen molar-refractivity contribution in [2.45, 2.75) is 13.8 Å². The molecule has 0 saturated heterocycles. The molecule has 0 aromatic carbocycles. The van der Waals surface area contributed by atoms with Crippen LogP contribution in [-0.4, -0.2) is 11.5 Å². The molecular weight excluding hydrogens is 121 g/mol. The average Bonchev–Trinajstić information content (AvgIpc) is 1.84. The van der Waals surface area contributed by atoms with Gasteiger partial charge in [-0.05, 0) is 6.92 Å². The van der Waals surface area contributed by atoms with Gasteiger partial charge in [0.05, 0.1) is 7.77 Å². The fraction of sp³-hybridized carbons (Fsp3) is 0.600. The second-order valence-corrected chi connectivity index (χ2v) is 3.45. The molecule has 44 valence electrons. The van der Waals surface area contributed by atoms with Crippen molar-refractivity contribution in [3.05, 3.63) is 0 Å². The van der Waals surface area contributed by atoms with Gasteiger partial charge in [0.1, 0.15) is 12.2 Å². The summed E-state index contributed by atoms with van der Waals surface area (Å²) in [7, 11) is -1.33. The van der Waals surface area contributed by atoms with Gasteiger partial charge >= 0.3 is 0 Å². The molecule has 2 nitrogen and oxygen atoms in total. The SMILES string of the molecule is CC[P+]([O-])=C(C)C#N. The monoisotopic (exact) mass is 129 g/mol. The fourth-order valence-corrected chi connectivity index (χ4v) is 0.879. The molecule has 0 aliphatic heterocycles. The first-order valence-corrected chi connectivity index (χ1v) is 3.85. The van der Waals surface area contributed by atoms with Gasteiger partial charge in [0, 0.05) is 6.92 Å². The highest BCUT2D eigenvalue weighted by Gasteiger charge is 1.96. The number of nitriles is 1. The number of hydrogen-bond donors (Lipinski definition) is 0. The molecule has 0 amide bonds. The van der Waals surface area contributed by atoms with Crippen molar-refractivity contribution in [1.82, 2.24) is 0 Å². The Bertz CT molecular complexity index is 145. The predicted molar refractivity (Wildman–Crippen MR) is 33.8 cm³/mol. The fourth-order valence-electron chi connectivity index (χ4n) is 0.293. The van der Waals surface area contributed by atoms with Gasteiger partial charge in [-0.3, -0.25) is 0 Å². The molecule has 0 aliphatic carbocycles. The number of nitrogens with zero attached hydrogens (tertiary/aromatic N) is 1. The smallest absolute Gasteiger partial charge is 0.189 e. The van der Waals surface area contributed by atoms with Crippen LogP contribution in [0, 0.1) is 11.3 Å². The van der Waals surface area contributed by atoms with E-state index in [1.807, 2.05) is 6.07 Å². The third-order valence-corrected chi connectivity index (χ3v) is 2.25. The minimum Gasteiger partial charge on any atom is -0.630 e. The summed E-state index contributed by atoms with van der Waals surface area (Å²) in [5.41, 5.74) is 0. The van der Waals surface area contributed by atoms with Gasteiger partial charge in [-0.1, -0.05) is 0 Å². The highest BCUT2D eigenvalue weighted by Crippen LogP contribution is 2.10. The zero-order chi connectivity index (χ0) is 6.57. The van der Waals surface area contributed by atoms with Gasteiger partial charge in [0.2, 0.25) is 0 Å². The van der Waals surface area contributed by atoms with Crippen LogP contribution >= 0.6 is 7.77 Å². The molecule has 1 unspecified atom stereocenters. The summed E-state index contributed by atoms with van der Waals surface area (Å²) >= 11 is 0. The van der Waals surface area contributed by atoms with Crippen LogP contribution in [0.1, 0.15) is 13.8 Å². The maximum atomic E-state index is 10.6. The maximum Gasteiger partial charge on any atom is 0.189 e. The van der Waals surface area contributed by atoms with Crippen molar-refractivity contribution in [3.8, 4) is 6.07 Å². The number of hydrogen-bond acceptors (Lipinski definition) is 2. The van der Waals surface area contributed by atoms with Crippen molar-refractivity contribution in [1.29, 1.82) is 5.26 Å². The van der Waals surface area contributed by atoms with Gasteiger partial charge in [-0.2, -0.15) is 5.26 Å². The third-order valence-electron chi connectivity index (χ3n) is 0.823. The first-order valence-electron chi connectivity index (χ1n) is 2.40. The van der Waals surface area contributed by atoms with E-state index in [1.54, 1.807) is 13.8 Å². The van der Waals surface area contributed by atoms with Crippen molar-refractivity contribution in [2.75, 3.05) is 6.16 Å². The summed E-state index contributed by atoms with van der Waals surface area (Å²) in [6.07, 6.45) is 0.578. The predicted octanol–water partition coefficient (Wildman–Crippen LogP) is 0.479. The van der Waals surface area contributed by atoms with Gasteiger partial charge in [0.25, 0.3) is 0 Å². The highest BCUT2D eigenvalue weighted by atomic mass is 31.1. The van der Waals surface area contributed by atoms with Crippen molar-refractivity contribution >= 4 is 13.1 Å². The van der Waals surface area contributed by atoms with Gasteiger partial charge in [-0.25, -0.2) is 0 Å². The van der Waals surface area contributed by atoms with E-state index in [1.165, 1.54) is 0 Å². The first kappa shape index (κ1) is 7.62. The van der Waals surface area contributed by atoms with Crippen LogP contribution in [0.4, 0.5) is 0 Å². The Morgan fingerprint density at radius 1 is 1.88 bits per heavy atom. The summed E-state index contributed by atoms with van der Waals surface area (Å²) in [5.74, 6) is 0. The first-order chi connectivity index (χ1) is 3.72. The highest BCUT2D eigenvalue weighted by molar-refractivity contribution is 7.52. The molecule has 0 N–H and O–H groups in total. The van der Waals surface area contributed by atoms with Crippen molar-refractivity contribution in [3.63, 3.8) is 0 Å². The Morgan fingerprint density at radius 2 is 2.38 bits per heavy atom. The molecule has 0 bridgehead atoms. The van der Waals surface area contributed by atoms with Gasteiger partial charge in [0.15, 0.2) is 5.29 Å². The van der Waals surface area contributed by atoms with Crippen molar-refractivity contribution < 1.29 is 4.89 Å². The van der Waals surface area contributed by atoms with Crippen LogP contribution in [0.3, 0.4) is 0 Å². The van der Waals surface area contributed by atoms with E-state index in [9.17, 15) is 4.89 Å². The topological polar surface area (TPSA) is 46.8 Å². The van der Waals surface area contributed by atoms with Crippen LogP contribution in [0.15, 0.2) is 0 Å². The molecule has 1 atom stereocenters. The van der Waals surface area contributed by atoms with Crippen LogP contribution < -0.4 is 4.89 Å². The van der Waals surface area contributed by atoms with E-state index < -0.39 is 7.77 Å². The van der Waals surface area contributed by atoms with Crippen LogP contribution in [0.25, 0.3) is 0 Å². The second-order valence-electron chi connectivity index (χ2n) is 1.39. The van der Waals surface area contributed by atoms with E-state index in [2.05, 4.69) is 0 Å². The van der Waals surface area contributed by atoms with E-state index >= 15 is 0 Å². The molecule has 3 heteroatoms. The normalized spacial score (nSPS) is 12.2. The average molecular weight is 129 g/mol. The third kappa shape index (κ3) is 2.07. The Kier molecular flexibility index (Phi) is 3.43. The molecule has 0 aliphatic rings. The summed E-state index contributed by atoms with van der Waals surface area (Å²) in [4.78, 5) is 10.6. The largest absolute Gasteiger partial charge is 0.630 e.